The van der Waals surface area contributed by atoms with E-state index in [2.05, 4.69) is 0 Å². The molecule has 1 aromatic carbocycles. The molecular weight excluding hydrogens is 263 g/mol. The molecule has 0 bridgehead atoms. The predicted octanol–water partition coefficient (Wildman–Crippen LogP) is 2.35. The summed E-state index contributed by atoms with van der Waals surface area (Å²) < 4.78 is 13.3. The lowest BCUT2D eigenvalue weighted by molar-refractivity contribution is -0.129. The van der Waals surface area contributed by atoms with Crippen molar-refractivity contribution in [3.8, 4) is 0 Å². The first-order valence-corrected chi connectivity index (χ1v) is 7.29. The van der Waals surface area contributed by atoms with Gasteiger partial charge >= 0.3 is 0 Å². The lowest BCUT2D eigenvalue weighted by atomic mass is 10.2. The van der Waals surface area contributed by atoms with Gasteiger partial charge < -0.3 is 9.80 Å². The van der Waals surface area contributed by atoms with Crippen molar-refractivity contribution >= 4 is 17.7 Å². The van der Waals surface area contributed by atoms with Gasteiger partial charge in [-0.25, -0.2) is 4.39 Å². The van der Waals surface area contributed by atoms with Crippen LogP contribution < -0.4 is 0 Å². The third-order valence-electron chi connectivity index (χ3n) is 3.17. The van der Waals surface area contributed by atoms with Crippen molar-refractivity contribution in [1.29, 1.82) is 0 Å². The van der Waals surface area contributed by atoms with Crippen molar-refractivity contribution in [2.24, 2.45) is 0 Å². The number of hydrogen-bond acceptors (Lipinski definition) is 3. The van der Waals surface area contributed by atoms with Crippen molar-refractivity contribution < 1.29 is 9.18 Å². The molecule has 0 aromatic heterocycles. The Balaban J connectivity index is 2.19. The highest BCUT2D eigenvalue weighted by Crippen LogP contribution is 2.42. The van der Waals surface area contributed by atoms with Gasteiger partial charge in [0.15, 0.2) is 0 Å². The molecule has 0 saturated carbocycles. The minimum atomic E-state index is -0.252. The lowest BCUT2D eigenvalue weighted by Crippen LogP contribution is -2.36. The zero-order valence-electron chi connectivity index (χ0n) is 11.5. The standard InChI is InChI=1S/C14H19FN2OS/c1-10-13(18)17(8-7-16(2)3)14(19-10)11-5-4-6-12(15)9-11/h4-6,9-10,14H,7-8H2,1-3H3/t10-,14-/m1/s1. The molecule has 2 rings (SSSR count). The van der Waals surface area contributed by atoms with Crippen molar-refractivity contribution in [1.82, 2.24) is 9.80 Å². The Kier molecular flexibility index (Phi) is 4.47. The van der Waals surface area contributed by atoms with Gasteiger partial charge in [-0.3, -0.25) is 4.79 Å². The minimum absolute atomic E-state index is 0.0598. The molecule has 2 atom stereocenters. The van der Waals surface area contributed by atoms with E-state index in [4.69, 9.17) is 0 Å². The zero-order chi connectivity index (χ0) is 14.0. The van der Waals surface area contributed by atoms with Gasteiger partial charge in [-0.1, -0.05) is 12.1 Å². The molecule has 0 spiro atoms. The molecule has 1 heterocycles. The highest BCUT2D eigenvalue weighted by atomic mass is 32.2. The second kappa shape index (κ2) is 5.92. The van der Waals surface area contributed by atoms with Gasteiger partial charge in [0.2, 0.25) is 5.91 Å². The molecule has 0 unspecified atom stereocenters. The number of nitrogens with zero attached hydrogens (tertiary/aromatic N) is 2. The second-order valence-corrected chi connectivity index (χ2v) is 6.45. The Morgan fingerprint density at radius 2 is 2.16 bits per heavy atom. The third-order valence-corrected chi connectivity index (χ3v) is 4.56. The fourth-order valence-corrected chi connectivity index (χ4v) is 3.43. The van der Waals surface area contributed by atoms with E-state index in [1.807, 2.05) is 36.9 Å². The predicted molar refractivity (Wildman–Crippen MR) is 76.5 cm³/mol. The van der Waals surface area contributed by atoms with E-state index in [-0.39, 0.29) is 22.3 Å². The Morgan fingerprint density at radius 3 is 2.79 bits per heavy atom. The van der Waals surface area contributed by atoms with Gasteiger partial charge in [-0.05, 0) is 38.7 Å². The molecule has 1 aliphatic rings. The maximum Gasteiger partial charge on any atom is 0.236 e. The monoisotopic (exact) mass is 282 g/mol. The molecule has 104 valence electrons. The largest absolute Gasteiger partial charge is 0.324 e. The average Bonchev–Trinajstić information content (AvgIpc) is 2.63. The van der Waals surface area contributed by atoms with Crippen LogP contribution in [0.15, 0.2) is 24.3 Å². The van der Waals surface area contributed by atoms with Crippen molar-refractivity contribution in [3.05, 3.63) is 35.6 Å². The number of amides is 1. The second-order valence-electron chi connectivity index (χ2n) is 5.02. The smallest absolute Gasteiger partial charge is 0.236 e. The number of halogens is 1. The number of carbonyl (C=O) groups excluding carboxylic acids is 1. The fourth-order valence-electron chi connectivity index (χ4n) is 2.13. The summed E-state index contributed by atoms with van der Waals surface area (Å²) in [4.78, 5) is 16.1. The summed E-state index contributed by atoms with van der Waals surface area (Å²) in [6.07, 6.45) is 0. The molecule has 0 N–H and O–H groups in total. The SMILES string of the molecule is C[C@H]1S[C@H](c2cccc(F)c2)N(CCN(C)C)C1=O. The number of likely N-dealkylation sites (N-methyl/N-ethyl adjacent to an activating group) is 1. The van der Waals surface area contributed by atoms with Crippen LogP contribution in [0.1, 0.15) is 17.9 Å². The van der Waals surface area contributed by atoms with Crippen LogP contribution in [0.5, 0.6) is 0 Å². The van der Waals surface area contributed by atoms with E-state index in [1.165, 1.54) is 12.1 Å². The molecule has 0 aliphatic carbocycles. The number of rotatable bonds is 4. The van der Waals surface area contributed by atoms with Crippen LogP contribution >= 0.6 is 11.8 Å². The summed E-state index contributed by atoms with van der Waals surface area (Å²) in [6.45, 7) is 3.39. The first kappa shape index (κ1) is 14.3. The minimum Gasteiger partial charge on any atom is -0.324 e. The van der Waals surface area contributed by atoms with Crippen LogP contribution in [0.25, 0.3) is 0 Å². The van der Waals surface area contributed by atoms with Crippen LogP contribution in [0, 0.1) is 5.82 Å². The van der Waals surface area contributed by atoms with Crippen LogP contribution in [0.3, 0.4) is 0 Å². The maximum atomic E-state index is 13.3. The van der Waals surface area contributed by atoms with Crippen LogP contribution in [-0.2, 0) is 4.79 Å². The molecule has 0 radical (unpaired) electrons. The molecule has 1 saturated heterocycles. The summed E-state index contributed by atoms with van der Waals surface area (Å²) in [6, 6.07) is 6.53. The number of benzene rings is 1. The topological polar surface area (TPSA) is 23.6 Å². The average molecular weight is 282 g/mol. The van der Waals surface area contributed by atoms with Crippen LogP contribution in [0.4, 0.5) is 4.39 Å². The molecule has 5 heteroatoms. The van der Waals surface area contributed by atoms with Crippen molar-refractivity contribution in [3.63, 3.8) is 0 Å². The highest BCUT2D eigenvalue weighted by Gasteiger charge is 2.38. The van der Waals surface area contributed by atoms with Crippen molar-refractivity contribution in [2.45, 2.75) is 17.5 Å². The van der Waals surface area contributed by atoms with Gasteiger partial charge in [0, 0.05) is 13.1 Å². The van der Waals surface area contributed by atoms with Crippen molar-refractivity contribution in [2.75, 3.05) is 27.2 Å². The van der Waals surface area contributed by atoms with Gasteiger partial charge in [0.1, 0.15) is 11.2 Å². The lowest BCUT2D eigenvalue weighted by Gasteiger charge is -2.25. The maximum absolute atomic E-state index is 13.3. The molecule has 3 nitrogen and oxygen atoms in total. The van der Waals surface area contributed by atoms with Crippen LogP contribution in [0.2, 0.25) is 0 Å². The number of carbonyl (C=O) groups is 1. The summed E-state index contributed by atoms with van der Waals surface area (Å²) in [5.74, 6) is -0.112. The first-order valence-electron chi connectivity index (χ1n) is 6.35. The Labute approximate surface area is 117 Å². The zero-order valence-corrected chi connectivity index (χ0v) is 12.3. The summed E-state index contributed by atoms with van der Waals surface area (Å²) in [5.41, 5.74) is 0.862. The number of thioether (sulfide) groups is 1. The van der Waals surface area contributed by atoms with Gasteiger partial charge in [0.25, 0.3) is 0 Å². The molecule has 1 amide bonds. The molecule has 1 fully saturated rings. The van der Waals surface area contributed by atoms with Gasteiger partial charge in [-0.2, -0.15) is 0 Å². The van der Waals surface area contributed by atoms with E-state index in [1.54, 1.807) is 17.8 Å². The summed E-state index contributed by atoms with van der Waals surface area (Å²) in [5, 5.41) is -0.131. The quantitative estimate of drug-likeness (QED) is 0.847. The molecule has 1 aromatic rings. The van der Waals surface area contributed by atoms with E-state index in [9.17, 15) is 9.18 Å². The molecule has 1 aliphatic heterocycles. The summed E-state index contributed by atoms with van der Waals surface area (Å²) >= 11 is 1.59. The molecular formula is C14H19FN2OS. The molecule has 19 heavy (non-hydrogen) atoms. The van der Waals surface area contributed by atoms with Gasteiger partial charge in [-0.15, -0.1) is 11.8 Å². The normalized spacial score (nSPS) is 23.4. The first-order chi connectivity index (χ1) is 8.99. The Bertz CT molecular complexity index is 467. The van der Waals surface area contributed by atoms with E-state index >= 15 is 0 Å². The Hall–Kier alpha value is -1.07. The van der Waals surface area contributed by atoms with Crippen LogP contribution in [-0.4, -0.2) is 48.1 Å². The third kappa shape index (κ3) is 3.28. The fraction of sp³-hybridized carbons (Fsp3) is 0.500. The van der Waals surface area contributed by atoms with E-state index in [0.29, 0.717) is 6.54 Å². The van der Waals surface area contributed by atoms with E-state index in [0.717, 1.165) is 12.1 Å². The van der Waals surface area contributed by atoms with Gasteiger partial charge in [0.05, 0.1) is 5.25 Å². The number of hydrogen-bond donors (Lipinski definition) is 0. The van der Waals surface area contributed by atoms with E-state index < -0.39 is 0 Å². The Morgan fingerprint density at radius 1 is 1.42 bits per heavy atom. The summed E-state index contributed by atoms with van der Waals surface area (Å²) in [7, 11) is 3.96. The highest BCUT2D eigenvalue weighted by molar-refractivity contribution is 8.01.